The van der Waals surface area contributed by atoms with Crippen molar-refractivity contribution in [2.24, 2.45) is 0 Å². The van der Waals surface area contributed by atoms with Crippen LogP contribution in [0.4, 0.5) is 4.79 Å². The molecule has 7 nitrogen and oxygen atoms in total. The van der Waals surface area contributed by atoms with Crippen molar-refractivity contribution in [1.29, 1.82) is 0 Å². The van der Waals surface area contributed by atoms with Gasteiger partial charge >= 0.3 is 6.09 Å². The van der Waals surface area contributed by atoms with E-state index < -0.39 is 10.1 Å². The van der Waals surface area contributed by atoms with Crippen LogP contribution in [0.15, 0.2) is 10.7 Å². The average Bonchev–Trinajstić information content (AvgIpc) is 2.66. The van der Waals surface area contributed by atoms with Gasteiger partial charge in [0.2, 0.25) is 0 Å². The second-order valence-corrected chi connectivity index (χ2v) is 7.16. The Balaban J connectivity index is 2.04. The van der Waals surface area contributed by atoms with Gasteiger partial charge in [0.1, 0.15) is 5.16 Å². The third kappa shape index (κ3) is 4.02. The van der Waals surface area contributed by atoms with Gasteiger partial charge in [0.25, 0.3) is 10.1 Å². The van der Waals surface area contributed by atoms with Crippen LogP contribution in [-0.2, 0) is 19.1 Å². The highest BCUT2D eigenvalue weighted by molar-refractivity contribution is 7.85. The van der Waals surface area contributed by atoms with Gasteiger partial charge in [0.05, 0.1) is 12.9 Å². The predicted octanol–water partition coefficient (Wildman–Crippen LogP) is 1.70. The third-order valence-corrected chi connectivity index (χ3v) is 4.39. The van der Waals surface area contributed by atoms with Crippen molar-refractivity contribution in [1.82, 2.24) is 10.4 Å². The Morgan fingerprint density at radius 2 is 1.95 bits per heavy atom. The standard InChI is InChI=1S/C12H19ClN2O5S/c1-3-19-12(16)15-9-4-5-10(15)7-8(6-9)11(13)14-20-21(2,17)18/h9-10,14H,3-7H2,1-2H3. The van der Waals surface area contributed by atoms with E-state index >= 15 is 0 Å². The summed E-state index contributed by atoms with van der Waals surface area (Å²) in [6.45, 7) is 2.13. The lowest BCUT2D eigenvalue weighted by molar-refractivity contribution is 0.0809. The monoisotopic (exact) mass is 338 g/mol. The summed E-state index contributed by atoms with van der Waals surface area (Å²) in [5.41, 5.74) is 3.12. The van der Waals surface area contributed by atoms with E-state index in [0.29, 0.717) is 19.4 Å². The van der Waals surface area contributed by atoms with Crippen LogP contribution in [0, 0.1) is 0 Å². The number of rotatable bonds is 4. The van der Waals surface area contributed by atoms with E-state index in [1.165, 1.54) is 0 Å². The molecule has 2 saturated heterocycles. The molecule has 0 saturated carbocycles. The molecule has 2 aliphatic rings. The molecule has 21 heavy (non-hydrogen) atoms. The number of hydrogen-bond donors (Lipinski definition) is 1. The van der Waals surface area contributed by atoms with E-state index in [-0.39, 0.29) is 23.3 Å². The largest absolute Gasteiger partial charge is 0.450 e. The van der Waals surface area contributed by atoms with Crippen LogP contribution < -0.4 is 5.48 Å². The fourth-order valence-corrected chi connectivity index (χ4v) is 3.35. The van der Waals surface area contributed by atoms with E-state index in [1.54, 1.807) is 11.8 Å². The molecule has 0 spiro atoms. The molecular formula is C12H19ClN2O5S. The summed E-state index contributed by atoms with van der Waals surface area (Å²) in [6, 6.07) is 0.0955. The first-order valence-corrected chi connectivity index (χ1v) is 8.98. The highest BCUT2D eigenvalue weighted by Crippen LogP contribution is 2.40. The van der Waals surface area contributed by atoms with Crippen molar-refractivity contribution in [3.8, 4) is 0 Å². The fraction of sp³-hybridized carbons (Fsp3) is 0.750. The van der Waals surface area contributed by atoms with Crippen LogP contribution in [0.3, 0.4) is 0 Å². The number of nitrogens with zero attached hydrogens (tertiary/aromatic N) is 1. The minimum absolute atomic E-state index is 0.0478. The van der Waals surface area contributed by atoms with Gasteiger partial charge in [-0.3, -0.25) is 0 Å². The zero-order chi connectivity index (χ0) is 15.6. The Labute approximate surface area is 129 Å². The topological polar surface area (TPSA) is 84.9 Å². The van der Waals surface area contributed by atoms with Crippen LogP contribution in [0.25, 0.3) is 0 Å². The summed E-state index contributed by atoms with van der Waals surface area (Å²) in [5.74, 6) is 0. The minimum atomic E-state index is -3.62. The summed E-state index contributed by atoms with van der Waals surface area (Å²) in [6.07, 6.45) is 3.61. The van der Waals surface area contributed by atoms with Crippen LogP contribution in [0.5, 0.6) is 0 Å². The summed E-state index contributed by atoms with van der Waals surface area (Å²) >= 11 is 6.06. The van der Waals surface area contributed by atoms with Crippen molar-refractivity contribution in [3.05, 3.63) is 10.7 Å². The first-order valence-electron chi connectivity index (χ1n) is 6.79. The Bertz CT molecular complexity index is 532. The van der Waals surface area contributed by atoms with Crippen LogP contribution in [0.2, 0.25) is 0 Å². The van der Waals surface area contributed by atoms with Crippen molar-refractivity contribution < 1.29 is 22.2 Å². The lowest BCUT2D eigenvalue weighted by Gasteiger charge is -2.35. The van der Waals surface area contributed by atoms with Crippen LogP contribution >= 0.6 is 11.6 Å². The maximum atomic E-state index is 11.9. The number of amides is 1. The molecular weight excluding hydrogens is 320 g/mol. The molecule has 120 valence electrons. The second kappa shape index (κ2) is 6.41. The van der Waals surface area contributed by atoms with Gasteiger partial charge in [-0.05, 0) is 38.2 Å². The van der Waals surface area contributed by atoms with Gasteiger partial charge in [-0.2, -0.15) is 12.7 Å². The van der Waals surface area contributed by atoms with E-state index in [9.17, 15) is 13.2 Å². The smallest absolute Gasteiger partial charge is 0.410 e. The fourth-order valence-electron chi connectivity index (χ4n) is 2.87. The Kier molecular flexibility index (Phi) is 5.00. The number of carbonyl (C=O) groups excluding carboxylic acids is 1. The molecule has 0 radical (unpaired) electrons. The molecule has 9 heteroatoms. The maximum absolute atomic E-state index is 11.9. The Morgan fingerprint density at radius 3 is 2.43 bits per heavy atom. The molecule has 1 N–H and O–H groups in total. The highest BCUT2D eigenvalue weighted by atomic mass is 35.5. The molecule has 2 unspecified atom stereocenters. The average molecular weight is 339 g/mol. The lowest BCUT2D eigenvalue weighted by atomic mass is 9.98. The first kappa shape index (κ1) is 16.4. The number of nitrogens with one attached hydrogen (secondary N) is 1. The van der Waals surface area contributed by atoms with Gasteiger partial charge in [0, 0.05) is 12.1 Å². The van der Waals surface area contributed by atoms with Crippen molar-refractivity contribution >= 4 is 27.8 Å². The number of ether oxygens (including phenoxy) is 1. The summed E-state index contributed by atoms with van der Waals surface area (Å²) in [7, 11) is -3.62. The van der Waals surface area contributed by atoms with Gasteiger partial charge in [-0.25, -0.2) is 10.3 Å². The van der Waals surface area contributed by atoms with Gasteiger partial charge in [-0.1, -0.05) is 11.6 Å². The zero-order valence-electron chi connectivity index (χ0n) is 12.0. The number of hydrogen-bond acceptors (Lipinski definition) is 6. The Hall–Kier alpha value is -0.990. The van der Waals surface area contributed by atoms with Crippen molar-refractivity contribution in [2.75, 3.05) is 12.9 Å². The van der Waals surface area contributed by atoms with Crippen molar-refractivity contribution in [2.45, 2.75) is 44.7 Å². The Morgan fingerprint density at radius 1 is 1.38 bits per heavy atom. The molecule has 2 aliphatic heterocycles. The normalized spacial score (nSPS) is 24.9. The number of halogens is 1. The number of hydroxylamine groups is 1. The lowest BCUT2D eigenvalue weighted by Crippen LogP contribution is -2.45. The van der Waals surface area contributed by atoms with Gasteiger partial charge < -0.3 is 9.64 Å². The van der Waals surface area contributed by atoms with Crippen LogP contribution in [0.1, 0.15) is 32.6 Å². The zero-order valence-corrected chi connectivity index (χ0v) is 13.5. The van der Waals surface area contributed by atoms with E-state index in [0.717, 1.165) is 24.7 Å². The van der Waals surface area contributed by atoms with E-state index in [2.05, 4.69) is 9.76 Å². The molecule has 2 fully saturated rings. The number of piperidine rings is 1. The third-order valence-electron chi connectivity index (χ3n) is 3.66. The maximum Gasteiger partial charge on any atom is 0.410 e. The van der Waals surface area contributed by atoms with E-state index in [4.69, 9.17) is 16.3 Å². The quantitative estimate of drug-likeness (QED) is 0.620. The van der Waals surface area contributed by atoms with Crippen LogP contribution in [-0.4, -0.2) is 44.4 Å². The molecule has 0 aromatic heterocycles. The molecule has 2 rings (SSSR count). The predicted molar refractivity (Wildman–Crippen MR) is 76.8 cm³/mol. The van der Waals surface area contributed by atoms with E-state index in [1.807, 2.05) is 0 Å². The molecule has 0 aromatic rings. The summed E-state index contributed by atoms with van der Waals surface area (Å²) < 4.78 is 31.4. The molecule has 0 aliphatic carbocycles. The number of carbonyl (C=O) groups is 1. The summed E-state index contributed by atoms with van der Waals surface area (Å²) in [4.78, 5) is 13.7. The molecule has 2 heterocycles. The highest BCUT2D eigenvalue weighted by Gasteiger charge is 2.42. The molecule has 2 atom stereocenters. The summed E-state index contributed by atoms with van der Waals surface area (Å²) in [5, 5.41) is 0.181. The van der Waals surface area contributed by atoms with Crippen molar-refractivity contribution in [3.63, 3.8) is 0 Å². The SMILES string of the molecule is CCOC(=O)N1C2CCC1CC(=C(Cl)NOS(C)(=O)=O)C2. The number of fused-ring (bicyclic) bond motifs is 2. The molecule has 0 aromatic carbocycles. The molecule has 1 amide bonds. The first-order chi connectivity index (χ1) is 9.81. The van der Waals surface area contributed by atoms with Gasteiger partial charge in [0.15, 0.2) is 0 Å². The minimum Gasteiger partial charge on any atom is -0.450 e. The second-order valence-electron chi connectivity index (χ2n) is 5.21. The molecule has 2 bridgehead atoms. The van der Waals surface area contributed by atoms with Gasteiger partial charge in [-0.15, -0.1) is 0 Å².